The number of non-ortho nitro benzene ring substituents is 1. The Bertz CT molecular complexity index is 692. The molecule has 0 saturated heterocycles. The number of nitrogens with zero attached hydrogens (tertiary/aromatic N) is 1. The first-order valence-electron chi connectivity index (χ1n) is 6.20. The molecule has 0 heterocycles. The van der Waals surface area contributed by atoms with Crippen LogP contribution in [0.25, 0.3) is 0 Å². The largest absolute Gasteiger partial charge is 0.386 e. The molecule has 2 aromatic carbocycles. The molecule has 1 unspecified atom stereocenters. The average molecular weight is 329 g/mol. The molecule has 0 radical (unpaired) electrons. The Balaban J connectivity index is 2.11. The number of hydrogen-bond acceptors (Lipinski definition) is 4. The highest BCUT2D eigenvalue weighted by Gasteiger charge is 2.18. The number of anilines is 1. The van der Waals surface area contributed by atoms with Crippen LogP contribution in [0.15, 0.2) is 36.4 Å². The lowest BCUT2D eigenvalue weighted by Gasteiger charge is -2.15. The van der Waals surface area contributed by atoms with Crippen LogP contribution in [-0.2, 0) is 0 Å². The van der Waals surface area contributed by atoms with Gasteiger partial charge in [0.2, 0.25) is 0 Å². The first kappa shape index (κ1) is 16.1. The molecule has 0 saturated carbocycles. The van der Waals surface area contributed by atoms with Crippen molar-refractivity contribution in [2.24, 2.45) is 0 Å². The maximum Gasteiger partial charge on any atom is 0.271 e. The molecular weight excluding hydrogens is 318 g/mol. The number of halogens is 3. The SMILES string of the molecule is O=[N+]([O-])c1ccc(NCC(O)c2c(F)cccc2F)c(Cl)c1. The zero-order valence-corrected chi connectivity index (χ0v) is 11.8. The third-order valence-corrected chi connectivity index (χ3v) is 3.29. The van der Waals surface area contributed by atoms with Gasteiger partial charge in [0.15, 0.2) is 0 Å². The Morgan fingerprint density at radius 1 is 1.27 bits per heavy atom. The fourth-order valence-electron chi connectivity index (χ4n) is 1.90. The predicted octanol–water partition coefficient (Wildman–Crippen LogP) is 3.67. The molecule has 0 fully saturated rings. The van der Waals surface area contributed by atoms with E-state index in [0.717, 1.165) is 18.2 Å². The molecule has 0 aliphatic rings. The fourth-order valence-corrected chi connectivity index (χ4v) is 2.14. The molecule has 0 amide bonds. The fraction of sp³-hybridized carbons (Fsp3) is 0.143. The highest BCUT2D eigenvalue weighted by molar-refractivity contribution is 6.33. The molecule has 0 bridgehead atoms. The maximum absolute atomic E-state index is 13.5. The highest BCUT2D eigenvalue weighted by Crippen LogP contribution is 2.28. The molecule has 22 heavy (non-hydrogen) atoms. The summed E-state index contributed by atoms with van der Waals surface area (Å²) in [7, 11) is 0. The zero-order chi connectivity index (χ0) is 16.3. The van der Waals surface area contributed by atoms with Gasteiger partial charge in [-0.05, 0) is 18.2 Å². The third-order valence-electron chi connectivity index (χ3n) is 2.98. The van der Waals surface area contributed by atoms with Gasteiger partial charge in [-0.3, -0.25) is 10.1 Å². The van der Waals surface area contributed by atoms with Gasteiger partial charge in [0.25, 0.3) is 5.69 Å². The van der Waals surface area contributed by atoms with Crippen LogP contribution in [0.1, 0.15) is 11.7 Å². The van der Waals surface area contributed by atoms with Crippen molar-refractivity contribution in [3.05, 3.63) is 68.7 Å². The lowest BCUT2D eigenvalue weighted by Crippen LogP contribution is -2.15. The van der Waals surface area contributed by atoms with Crippen LogP contribution in [0.2, 0.25) is 5.02 Å². The summed E-state index contributed by atoms with van der Waals surface area (Å²) in [6.07, 6.45) is -1.44. The minimum atomic E-state index is -1.44. The van der Waals surface area contributed by atoms with Crippen LogP contribution in [-0.4, -0.2) is 16.6 Å². The summed E-state index contributed by atoms with van der Waals surface area (Å²) in [5, 5.41) is 23.2. The standard InChI is InChI=1S/C14H11ClF2N2O3/c15-9-6-8(19(21)22)4-5-12(9)18-7-13(20)14-10(16)2-1-3-11(14)17/h1-6,13,18,20H,7H2. The smallest absolute Gasteiger partial charge is 0.271 e. The lowest BCUT2D eigenvalue weighted by molar-refractivity contribution is -0.384. The Labute approximate surface area is 129 Å². The maximum atomic E-state index is 13.5. The molecule has 5 nitrogen and oxygen atoms in total. The minimum Gasteiger partial charge on any atom is -0.386 e. The molecule has 8 heteroatoms. The van der Waals surface area contributed by atoms with Crippen LogP contribution in [0.4, 0.5) is 20.2 Å². The predicted molar refractivity (Wildman–Crippen MR) is 77.9 cm³/mol. The van der Waals surface area contributed by atoms with Gasteiger partial charge in [0.05, 0.1) is 21.2 Å². The second-order valence-corrected chi connectivity index (χ2v) is 4.86. The number of rotatable bonds is 5. The lowest BCUT2D eigenvalue weighted by atomic mass is 10.1. The van der Waals surface area contributed by atoms with Gasteiger partial charge in [-0.2, -0.15) is 0 Å². The first-order chi connectivity index (χ1) is 10.4. The summed E-state index contributed by atoms with van der Waals surface area (Å²) in [4.78, 5) is 10.00. The van der Waals surface area contributed by atoms with Crippen molar-refractivity contribution >= 4 is 23.0 Å². The van der Waals surface area contributed by atoms with Crippen LogP contribution in [0, 0.1) is 21.7 Å². The van der Waals surface area contributed by atoms with E-state index in [-0.39, 0.29) is 17.3 Å². The topological polar surface area (TPSA) is 75.4 Å². The van der Waals surface area contributed by atoms with Crippen molar-refractivity contribution in [1.29, 1.82) is 0 Å². The van der Waals surface area contributed by atoms with Crippen molar-refractivity contribution in [2.45, 2.75) is 6.10 Å². The van der Waals surface area contributed by atoms with E-state index >= 15 is 0 Å². The number of nitro groups is 1. The van der Waals surface area contributed by atoms with Crippen molar-refractivity contribution in [2.75, 3.05) is 11.9 Å². The molecule has 0 aliphatic heterocycles. The number of nitrogens with one attached hydrogen (secondary N) is 1. The van der Waals surface area contributed by atoms with Gasteiger partial charge < -0.3 is 10.4 Å². The highest BCUT2D eigenvalue weighted by atomic mass is 35.5. The molecule has 0 spiro atoms. The second kappa shape index (κ2) is 6.67. The van der Waals surface area contributed by atoms with Gasteiger partial charge in [0, 0.05) is 18.7 Å². The number of aliphatic hydroxyl groups is 1. The van der Waals surface area contributed by atoms with Crippen molar-refractivity contribution in [3.63, 3.8) is 0 Å². The molecule has 2 aromatic rings. The van der Waals surface area contributed by atoms with Gasteiger partial charge in [0.1, 0.15) is 17.7 Å². The monoisotopic (exact) mass is 328 g/mol. The Morgan fingerprint density at radius 3 is 2.45 bits per heavy atom. The Morgan fingerprint density at radius 2 is 1.91 bits per heavy atom. The zero-order valence-electron chi connectivity index (χ0n) is 11.1. The van der Waals surface area contributed by atoms with Crippen LogP contribution >= 0.6 is 11.6 Å². The quantitative estimate of drug-likeness (QED) is 0.648. The first-order valence-corrected chi connectivity index (χ1v) is 6.57. The van der Waals surface area contributed by atoms with Gasteiger partial charge in [-0.1, -0.05) is 17.7 Å². The summed E-state index contributed by atoms with van der Waals surface area (Å²) in [6, 6.07) is 7.00. The molecule has 2 rings (SSSR count). The average Bonchev–Trinajstić information content (AvgIpc) is 2.45. The van der Waals surface area contributed by atoms with Crippen LogP contribution in [0.3, 0.4) is 0 Å². The van der Waals surface area contributed by atoms with E-state index in [4.69, 9.17) is 11.6 Å². The number of aliphatic hydroxyl groups excluding tert-OH is 1. The molecule has 116 valence electrons. The molecule has 0 aliphatic carbocycles. The van der Waals surface area contributed by atoms with Crippen LogP contribution < -0.4 is 5.32 Å². The van der Waals surface area contributed by atoms with E-state index in [0.29, 0.717) is 5.69 Å². The molecule has 0 aromatic heterocycles. The summed E-state index contributed by atoms with van der Waals surface area (Å²) >= 11 is 5.87. The van der Waals surface area contributed by atoms with Crippen LogP contribution in [0.5, 0.6) is 0 Å². The summed E-state index contributed by atoms with van der Waals surface area (Å²) < 4.78 is 27.0. The second-order valence-electron chi connectivity index (χ2n) is 4.45. The van der Waals surface area contributed by atoms with Gasteiger partial charge in [-0.25, -0.2) is 8.78 Å². The number of hydrogen-bond donors (Lipinski definition) is 2. The van der Waals surface area contributed by atoms with Gasteiger partial charge >= 0.3 is 0 Å². The molecule has 2 N–H and O–H groups in total. The van der Waals surface area contributed by atoms with Gasteiger partial charge in [-0.15, -0.1) is 0 Å². The van der Waals surface area contributed by atoms with E-state index in [1.807, 2.05) is 0 Å². The molecule has 1 atom stereocenters. The van der Waals surface area contributed by atoms with E-state index in [2.05, 4.69) is 5.32 Å². The normalized spacial score (nSPS) is 12.0. The Kier molecular flexibility index (Phi) is 4.89. The third kappa shape index (κ3) is 3.49. The summed E-state index contributed by atoms with van der Waals surface area (Å²) in [5.74, 6) is -1.71. The van der Waals surface area contributed by atoms with E-state index in [1.165, 1.54) is 18.2 Å². The van der Waals surface area contributed by atoms with Crippen molar-refractivity contribution in [3.8, 4) is 0 Å². The van der Waals surface area contributed by atoms with E-state index < -0.39 is 28.2 Å². The summed E-state index contributed by atoms with van der Waals surface area (Å²) in [6.45, 7) is -0.213. The summed E-state index contributed by atoms with van der Waals surface area (Å²) in [5.41, 5.74) is -0.327. The van der Waals surface area contributed by atoms with Crippen molar-refractivity contribution in [1.82, 2.24) is 0 Å². The van der Waals surface area contributed by atoms with E-state index in [1.54, 1.807) is 0 Å². The number of nitro benzene ring substituents is 1. The molecular formula is C14H11ClF2N2O3. The van der Waals surface area contributed by atoms with E-state index in [9.17, 15) is 24.0 Å². The van der Waals surface area contributed by atoms with Crippen molar-refractivity contribution < 1.29 is 18.8 Å². The minimum absolute atomic E-state index is 0.0652. The Hall–Kier alpha value is -2.25. The number of benzene rings is 2.